The molecule has 3 aromatic carbocycles. The maximum atomic E-state index is 12.5. The average molecular weight is 410 g/mol. The molecule has 4 rings (SSSR count). The SMILES string of the molecule is O=C(NCc1ccc2c(c1)OCO2)c1ccc(S(=O)(=O)Nc2ccccc2)cc1. The first-order chi connectivity index (χ1) is 14.0. The van der Waals surface area contributed by atoms with Gasteiger partial charge in [-0.15, -0.1) is 0 Å². The van der Waals surface area contributed by atoms with Crippen molar-refractivity contribution in [3.63, 3.8) is 0 Å². The Balaban J connectivity index is 1.40. The molecule has 0 saturated heterocycles. The van der Waals surface area contributed by atoms with E-state index in [1.807, 2.05) is 12.1 Å². The highest BCUT2D eigenvalue weighted by Gasteiger charge is 2.16. The minimum atomic E-state index is -3.72. The summed E-state index contributed by atoms with van der Waals surface area (Å²) in [5, 5.41) is 2.80. The van der Waals surface area contributed by atoms with Crippen molar-refractivity contribution in [2.24, 2.45) is 0 Å². The number of hydrogen-bond acceptors (Lipinski definition) is 5. The third kappa shape index (κ3) is 4.33. The Morgan fingerprint density at radius 1 is 0.897 bits per heavy atom. The van der Waals surface area contributed by atoms with Crippen LogP contribution in [0.5, 0.6) is 11.5 Å². The molecule has 1 aliphatic heterocycles. The summed E-state index contributed by atoms with van der Waals surface area (Å²) in [6, 6.07) is 19.8. The third-order valence-electron chi connectivity index (χ3n) is 4.34. The first kappa shape index (κ1) is 18.8. The molecule has 0 unspecified atom stereocenters. The van der Waals surface area contributed by atoms with E-state index in [9.17, 15) is 13.2 Å². The summed E-state index contributed by atoms with van der Waals surface area (Å²) in [6.07, 6.45) is 0. The largest absolute Gasteiger partial charge is 0.454 e. The third-order valence-corrected chi connectivity index (χ3v) is 5.74. The molecule has 0 radical (unpaired) electrons. The van der Waals surface area contributed by atoms with E-state index >= 15 is 0 Å². The van der Waals surface area contributed by atoms with Crippen LogP contribution < -0.4 is 19.5 Å². The second kappa shape index (κ2) is 7.84. The van der Waals surface area contributed by atoms with E-state index in [-0.39, 0.29) is 17.6 Å². The van der Waals surface area contributed by atoms with Crippen LogP contribution in [0.15, 0.2) is 77.7 Å². The van der Waals surface area contributed by atoms with Gasteiger partial charge in [0, 0.05) is 17.8 Å². The highest BCUT2D eigenvalue weighted by atomic mass is 32.2. The van der Waals surface area contributed by atoms with Gasteiger partial charge in [0.25, 0.3) is 15.9 Å². The Hall–Kier alpha value is -3.52. The van der Waals surface area contributed by atoms with E-state index in [2.05, 4.69) is 10.0 Å². The van der Waals surface area contributed by atoms with Crippen LogP contribution in [-0.4, -0.2) is 21.1 Å². The van der Waals surface area contributed by atoms with Gasteiger partial charge < -0.3 is 14.8 Å². The van der Waals surface area contributed by atoms with Crippen molar-refractivity contribution in [1.82, 2.24) is 5.32 Å². The molecule has 1 heterocycles. The number of sulfonamides is 1. The lowest BCUT2D eigenvalue weighted by atomic mass is 10.2. The maximum absolute atomic E-state index is 12.5. The van der Waals surface area contributed by atoms with Crippen molar-refractivity contribution < 1.29 is 22.7 Å². The summed E-state index contributed by atoms with van der Waals surface area (Å²) in [5.74, 6) is 1.03. The summed E-state index contributed by atoms with van der Waals surface area (Å²) >= 11 is 0. The smallest absolute Gasteiger partial charge is 0.261 e. The Kier molecular flexibility index (Phi) is 5.09. The molecular formula is C21H18N2O5S. The number of hydrogen-bond donors (Lipinski definition) is 2. The van der Waals surface area contributed by atoms with Crippen LogP contribution in [0.3, 0.4) is 0 Å². The first-order valence-corrected chi connectivity index (χ1v) is 10.3. The average Bonchev–Trinajstić information content (AvgIpc) is 3.20. The van der Waals surface area contributed by atoms with Crippen LogP contribution in [0.4, 0.5) is 5.69 Å². The summed E-state index contributed by atoms with van der Waals surface area (Å²) in [6.45, 7) is 0.505. The zero-order chi connectivity index (χ0) is 20.3. The van der Waals surface area contributed by atoms with Crippen molar-refractivity contribution in [2.45, 2.75) is 11.4 Å². The zero-order valence-corrected chi connectivity index (χ0v) is 16.1. The summed E-state index contributed by atoms with van der Waals surface area (Å²) in [7, 11) is -3.72. The Labute approximate surface area is 168 Å². The van der Waals surface area contributed by atoms with Gasteiger partial charge in [-0.05, 0) is 54.1 Å². The predicted molar refractivity (Wildman–Crippen MR) is 107 cm³/mol. The van der Waals surface area contributed by atoms with Crippen LogP contribution in [-0.2, 0) is 16.6 Å². The topological polar surface area (TPSA) is 93.7 Å². The molecule has 29 heavy (non-hydrogen) atoms. The van der Waals surface area contributed by atoms with Crippen molar-refractivity contribution in [3.05, 3.63) is 83.9 Å². The monoisotopic (exact) mass is 410 g/mol. The molecule has 3 aromatic rings. The normalized spacial score (nSPS) is 12.4. The second-order valence-electron chi connectivity index (χ2n) is 6.37. The van der Waals surface area contributed by atoms with Crippen molar-refractivity contribution in [3.8, 4) is 11.5 Å². The number of carbonyl (C=O) groups is 1. The van der Waals surface area contributed by atoms with E-state index in [4.69, 9.17) is 9.47 Å². The van der Waals surface area contributed by atoms with Crippen LogP contribution in [0, 0.1) is 0 Å². The van der Waals surface area contributed by atoms with E-state index in [1.165, 1.54) is 24.3 Å². The van der Waals surface area contributed by atoms with E-state index in [0.717, 1.165) is 5.56 Å². The Bertz CT molecular complexity index is 1130. The van der Waals surface area contributed by atoms with Crippen LogP contribution in [0.25, 0.3) is 0 Å². The van der Waals surface area contributed by atoms with Crippen molar-refractivity contribution >= 4 is 21.6 Å². The zero-order valence-electron chi connectivity index (χ0n) is 15.3. The Morgan fingerprint density at radius 3 is 2.38 bits per heavy atom. The lowest BCUT2D eigenvalue weighted by Gasteiger charge is -2.09. The molecule has 148 valence electrons. The van der Waals surface area contributed by atoms with Gasteiger partial charge in [0.05, 0.1) is 4.90 Å². The number of nitrogens with one attached hydrogen (secondary N) is 2. The molecule has 0 bridgehead atoms. The fourth-order valence-electron chi connectivity index (χ4n) is 2.84. The van der Waals surface area contributed by atoms with Crippen molar-refractivity contribution in [2.75, 3.05) is 11.5 Å². The number of amides is 1. The molecule has 0 fully saturated rings. The fourth-order valence-corrected chi connectivity index (χ4v) is 3.90. The minimum absolute atomic E-state index is 0.0775. The minimum Gasteiger partial charge on any atom is -0.454 e. The molecule has 7 nitrogen and oxygen atoms in total. The molecule has 2 N–H and O–H groups in total. The first-order valence-electron chi connectivity index (χ1n) is 8.86. The fraction of sp³-hybridized carbons (Fsp3) is 0.0952. The molecular weight excluding hydrogens is 392 g/mol. The van der Waals surface area contributed by atoms with Gasteiger partial charge in [0.2, 0.25) is 6.79 Å². The lowest BCUT2D eigenvalue weighted by molar-refractivity contribution is 0.0950. The number of fused-ring (bicyclic) bond motifs is 1. The number of para-hydroxylation sites is 1. The highest BCUT2D eigenvalue weighted by Crippen LogP contribution is 2.32. The molecule has 0 aliphatic carbocycles. The number of ether oxygens (including phenoxy) is 2. The van der Waals surface area contributed by atoms with Gasteiger partial charge in [-0.1, -0.05) is 24.3 Å². The van der Waals surface area contributed by atoms with E-state index < -0.39 is 10.0 Å². The van der Waals surface area contributed by atoms with Gasteiger partial charge in [0.15, 0.2) is 11.5 Å². The van der Waals surface area contributed by atoms with Gasteiger partial charge in [0.1, 0.15) is 0 Å². The molecule has 1 amide bonds. The molecule has 0 spiro atoms. The van der Waals surface area contributed by atoms with E-state index in [0.29, 0.717) is 29.3 Å². The van der Waals surface area contributed by atoms with E-state index in [1.54, 1.807) is 36.4 Å². The van der Waals surface area contributed by atoms with Gasteiger partial charge in [-0.2, -0.15) is 0 Å². The standard InChI is InChI=1S/C21H18N2O5S/c24-21(22-13-15-6-11-19-20(12-15)28-14-27-19)16-7-9-18(10-8-16)29(25,26)23-17-4-2-1-3-5-17/h1-12,23H,13-14H2,(H,22,24). The Morgan fingerprint density at radius 2 is 1.62 bits per heavy atom. The second-order valence-corrected chi connectivity index (χ2v) is 8.05. The number of rotatable bonds is 6. The van der Waals surface area contributed by atoms with Gasteiger partial charge in [-0.3, -0.25) is 9.52 Å². The summed E-state index contributed by atoms with van der Waals surface area (Å²) in [5.41, 5.74) is 1.70. The van der Waals surface area contributed by atoms with Crippen LogP contribution in [0.2, 0.25) is 0 Å². The van der Waals surface area contributed by atoms with Gasteiger partial charge >= 0.3 is 0 Å². The molecule has 0 saturated carbocycles. The van der Waals surface area contributed by atoms with Gasteiger partial charge in [-0.25, -0.2) is 8.42 Å². The quantitative estimate of drug-likeness (QED) is 0.651. The summed E-state index contributed by atoms with van der Waals surface area (Å²) in [4.78, 5) is 12.4. The van der Waals surface area contributed by atoms with Crippen LogP contribution in [0.1, 0.15) is 15.9 Å². The predicted octanol–water partition coefficient (Wildman–Crippen LogP) is 3.15. The summed E-state index contributed by atoms with van der Waals surface area (Å²) < 4.78 is 38.0. The van der Waals surface area contributed by atoms with Crippen LogP contribution >= 0.6 is 0 Å². The molecule has 0 atom stereocenters. The molecule has 0 aromatic heterocycles. The maximum Gasteiger partial charge on any atom is 0.261 e. The number of anilines is 1. The van der Waals surface area contributed by atoms with Crippen molar-refractivity contribution in [1.29, 1.82) is 0 Å². The molecule has 8 heteroatoms. The number of carbonyl (C=O) groups excluding carboxylic acids is 1. The number of benzene rings is 3. The highest BCUT2D eigenvalue weighted by molar-refractivity contribution is 7.92. The molecule has 1 aliphatic rings. The lowest BCUT2D eigenvalue weighted by Crippen LogP contribution is -2.23.